The van der Waals surface area contributed by atoms with Crippen molar-refractivity contribution in [1.82, 2.24) is 10.6 Å². The van der Waals surface area contributed by atoms with Crippen LogP contribution in [0.4, 0.5) is 4.39 Å². The zero-order valence-electron chi connectivity index (χ0n) is 13.2. The Morgan fingerprint density at radius 1 is 1.38 bits per heavy atom. The summed E-state index contributed by atoms with van der Waals surface area (Å²) in [5.41, 5.74) is -0.0610. The van der Waals surface area contributed by atoms with Gasteiger partial charge in [-0.15, -0.1) is 24.0 Å². The molecule has 0 aliphatic carbocycles. The average Bonchev–Trinajstić information content (AvgIpc) is 2.33. The predicted octanol–water partition coefficient (Wildman–Crippen LogP) is 3.17. The number of guanidine groups is 1. The highest BCUT2D eigenvalue weighted by Gasteiger charge is 2.12. The third-order valence-electron chi connectivity index (χ3n) is 2.41. The van der Waals surface area contributed by atoms with E-state index in [1.54, 1.807) is 19.2 Å². The number of nitrogens with zero attached hydrogens (tertiary/aromatic N) is 1. The zero-order valence-corrected chi connectivity index (χ0v) is 15.6. The Bertz CT molecular complexity index is 460. The van der Waals surface area contributed by atoms with E-state index in [1.165, 1.54) is 12.1 Å². The predicted molar refractivity (Wildman–Crippen MR) is 96.2 cm³/mol. The highest BCUT2D eigenvalue weighted by atomic mass is 127. The van der Waals surface area contributed by atoms with Gasteiger partial charge < -0.3 is 15.4 Å². The van der Waals surface area contributed by atoms with Gasteiger partial charge in [-0.1, -0.05) is 6.07 Å². The lowest BCUT2D eigenvalue weighted by Crippen LogP contribution is -2.49. The molecule has 0 saturated heterocycles. The fourth-order valence-electron chi connectivity index (χ4n) is 1.59. The van der Waals surface area contributed by atoms with E-state index in [0.717, 1.165) is 0 Å². The van der Waals surface area contributed by atoms with E-state index in [2.05, 4.69) is 36.4 Å². The minimum absolute atomic E-state index is 0. The standard InChI is InChI=1S/C15H24FN3O.HI/c1-11(20-13-8-6-7-12(16)9-13)10-18-14(17-5)19-15(2,3)4;/h6-9,11H,10H2,1-5H3,(H2,17,18,19);1H. The van der Waals surface area contributed by atoms with Crippen LogP contribution in [0.25, 0.3) is 0 Å². The molecule has 0 aliphatic heterocycles. The van der Waals surface area contributed by atoms with Gasteiger partial charge in [-0.25, -0.2) is 4.39 Å². The van der Waals surface area contributed by atoms with Crippen molar-refractivity contribution in [3.05, 3.63) is 30.1 Å². The van der Waals surface area contributed by atoms with Gasteiger partial charge in [-0.3, -0.25) is 4.99 Å². The van der Waals surface area contributed by atoms with Crippen LogP contribution in [0.1, 0.15) is 27.7 Å². The lowest BCUT2D eigenvalue weighted by atomic mass is 10.1. The summed E-state index contributed by atoms with van der Waals surface area (Å²) in [5.74, 6) is 0.943. The second-order valence-corrected chi connectivity index (χ2v) is 5.71. The summed E-state index contributed by atoms with van der Waals surface area (Å²) in [6, 6.07) is 6.14. The molecule has 0 radical (unpaired) electrons. The van der Waals surface area contributed by atoms with Crippen LogP contribution in [0.5, 0.6) is 5.75 Å². The topological polar surface area (TPSA) is 45.7 Å². The molecule has 120 valence electrons. The molecular formula is C15H25FIN3O. The second kappa shape index (κ2) is 9.07. The van der Waals surface area contributed by atoms with Gasteiger partial charge in [-0.2, -0.15) is 0 Å². The summed E-state index contributed by atoms with van der Waals surface area (Å²) in [6.07, 6.45) is -0.102. The molecule has 4 nitrogen and oxygen atoms in total. The Hall–Kier alpha value is -1.05. The first-order chi connectivity index (χ1) is 9.30. The van der Waals surface area contributed by atoms with Gasteiger partial charge in [0.25, 0.3) is 0 Å². The van der Waals surface area contributed by atoms with Gasteiger partial charge in [0, 0.05) is 18.7 Å². The third kappa shape index (κ3) is 8.75. The van der Waals surface area contributed by atoms with Crippen molar-refractivity contribution in [1.29, 1.82) is 0 Å². The van der Waals surface area contributed by atoms with E-state index < -0.39 is 0 Å². The molecule has 21 heavy (non-hydrogen) atoms. The number of hydrogen-bond donors (Lipinski definition) is 2. The maximum Gasteiger partial charge on any atom is 0.191 e. The maximum absolute atomic E-state index is 13.0. The highest BCUT2D eigenvalue weighted by Crippen LogP contribution is 2.13. The Kier molecular flexibility index (Phi) is 8.61. The highest BCUT2D eigenvalue weighted by molar-refractivity contribution is 14.0. The molecule has 2 N–H and O–H groups in total. The summed E-state index contributed by atoms with van der Waals surface area (Å²) in [4.78, 5) is 4.15. The van der Waals surface area contributed by atoms with E-state index in [1.807, 2.05) is 6.92 Å². The largest absolute Gasteiger partial charge is 0.489 e. The van der Waals surface area contributed by atoms with Crippen LogP contribution in [0.3, 0.4) is 0 Å². The van der Waals surface area contributed by atoms with Crippen LogP contribution < -0.4 is 15.4 Å². The number of aliphatic imine (C=N–C) groups is 1. The van der Waals surface area contributed by atoms with E-state index >= 15 is 0 Å². The summed E-state index contributed by atoms with van der Waals surface area (Å²) in [5, 5.41) is 6.44. The van der Waals surface area contributed by atoms with Gasteiger partial charge in [0.15, 0.2) is 5.96 Å². The second-order valence-electron chi connectivity index (χ2n) is 5.71. The minimum Gasteiger partial charge on any atom is -0.489 e. The molecule has 1 aromatic carbocycles. The molecule has 0 aliphatic rings. The first kappa shape index (κ1) is 19.9. The zero-order chi connectivity index (χ0) is 15.2. The molecule has 1 unspecified atom stereocenters. The van der Waals surface area contributed by atoms with E-state index in [0.29, 0.717) is 18.3 Å². The molecular weight excluding hydrogens is 384 g/mol. The van der Waals surface area contributed by atoms with Crippen molar-refractivity contribution in [2.75, 3.05) is 13.6 Å². The third-order valence-corrected chi connectivity index (χ3v) is 2.41. The molecule has 1 atom stereocenters. The first-order valence-corrected chi connectivity index (χ1v) is 6.71. The molecule has 0 heterocycles. The molecule has 1 rings (SSSR count). The van der Waals surface area contributed by atoms with Crippen LogP contribution >= 0.6 is 24.0 Å². The molecule has 0 aromatic heterocycles. The molecule has 6 heteroatoms. The first-order valence-electron chi connectivity index (χ1n) is 6.71. The van der Waals surface area contributed by atoms with Crippen molar-refractivity contribution in [3.63, 3.8) is 0 Å². The van der Waals surface area contributed by atoms with Crippen molar-refractivity contribution in [3.8, 4) is 5.75 Å². The molecule has 0 spiro atoms. The van der Waals surface area contributed by atoms with Crippen LogP contribution in [-0.2, 0) is 0 Å². The average molecular weight is 409 g/mol. The van der Waals surface area contributed by atoms with E-state index in [4.69, 9.17) is 4.74 Å². The quantitative estimate of drug-likeness (QED) is 0.456. The Morgan fingerprint density at radius 3 is 2.57 bits per heavy atom. The lowest BCUT2D eigenvalue weighted by molar-refractivity contribution is 0.222. The Labute approximate surface area is 143 Å². The number of nitrogens with one attached hydrogen (secondary N) is 2. The monoisotopic (exact) mass is 409 g/mol. The Balaban J connectivity index is 0.00000400. The van der Waals surface area contributed by atoms with Gasteiger partial charge in [0.05, 0.1) is 6.54 Å². The SMILES string of the molecule is CN=C(NCC(C)Oc1cccc(F)c1)NC(C)(C)C.I. The van der Waals surface area contributed by atoms with E-state index in [-0.39, 0.29) is 41.4 Å². The van der Waals surface area contributed by atoms with Crippen molar-refractivity contribution >= 4 is 29.9 Å². The van der Waals surface area contributed by atoms with Crippen molar-refractivity contribution in [2.45, 2.75) is 39.3 Å². The number of rotatable bonds is 4. The number of ether oxygens (including phenoxy) is 1. The normalized spacial score (nSPS) is 13.1. The minimum atomic E-state index is -0.298. The van der Waals surface area contributed by atoms with Crippen LogP contribution in [0, 0.1) is 5.82 Å². The molecule has 1 aromatic rings. The van der Waals surface area contributed by atoms with Crippen molar-refractivity contribution in [2.24, 2.45) is 4.99 Å². The fourth-order valence-corrected chi connectivity index (χ4v) is 1.59. The summed E-state index contributed by atoms with van der Waals surface area (Å²) >= 11 is 0. The molecule has 0 fully saturated rings. The maximum atomic E-state index is 13.0. The summed E-state index contributed by atoms with van der Waals surface area (Å²) in [7, 11) is 1.72. The lowest BCUT2D eigenvalue weighted by Gasteiger charge is -2.25. The molecule has 0 amide bonds. The van der Waals surface area contributed by atoms with Crippen LogP contribution in [0.2, 0.25) is 0 Å². The Morgan fingerprint density at radius 2 is 2.05 bits per heavy atom. The number of halogens is 2. The van der Waals surface area contributed by atoms with Gasteiger partial charge >= 0.3 is 0 Å². The van der Waals surface area contributed by atoms with Gasteiger partial charge in [0.2, 0.25) is 0 Å². The molecule has 0 saturated carbocycles. The fraction of sp³-hybridized carbons (Fsp3) is 0.533. The van der Waals surface area contributed by atoms with Gasteiger partial charge in [-0.05, 0) is 39.8 Å². The summed E-state index contributed by atoms with van der Waals surface area (Å²) in [6.45, 7) is 8.68. The number of benzene rings is 1. The van der Waals surface area contributed by atoms with Crippen molar-refractivity contribution < 1.29 is 9.13 Å². The molecule has 0 bridgehead atoms. The van der Waals surface area contributed by atoms with Crippen LogP contribution in [-0.4, -0.2) is 31.2 Å². The number of hydrogen-bond acceptors (Lipinski definition) is 2. The smallest absolute Gasteiger partial charge is 0.191 e. The van der Waals surface area contributed by atoms with E-state index in [9.17, 15) is 4.39 Å². The summed E-state index contributed by atoms with van der Waals surface area (Å²) < 4.78 is 18.7. The van der Waals surface area contributed by atoms with Gasteiger partial charge in [0.1, 0.15) is 17.7 Å². The van der Waals surface area contributed by atoms with Crippen LogP contribution in [0.15, 0.2) is 29.3 Å².